The van der Waals surface area contributed by atoms with Crippen LogP contribution in [-0.4, -0.2) is 26.3 Å². The third-order valence-corrected chi connectivity index (χ3v) is 4.85. The minimum Gasteiger partial charge on any atom is -0.496 e. The van der Waals surface area contributed by atoms with Crippen molar-refractivity contribution >= 4 is 23.0 Å². The first-order chi connectivity index (χ1) is 13.2. The lowest BCUT2D eigenvalue weighted by Crippen LogP contribution is -1.91. The third kappa shape index (κ3) is 3.94. The Labute approximate surface area is 162 Å². The molecule has 136 valence electrons. The van der Waals surface area contributed by atoms with Gasteiger partial charge in [0.15, 0.2) is 11.5 Å². The summed E-state index contributed by atoms with van der Waals surface area (Å²) in [5.74, 6) is 2.00. The zero-order valence-electron chi connectivity index (χ0n) is 15.2. The summed E-state index contributed by atoms with van der Waals surface area (Å²) in [6.45, 7) is 0. The number of benzene rings is 2. The predicted octanol–water partition coefficient (Wildman–Crippen LogP) is 4.90. The average Bonchev–Trinajstić information content (AvgIpc) is 3.21. The molecule has 1 heterocycles. The first kappa shape index (κ1) is 18.5. The molecule has 0 atom stereocenters. The van der Waals surface area contributed by atoms with E-state index in [1.165, 1.54) is 11.3 Å². The van der Waals surface area contributed by atoms with Gasteiger partial charge in [-0.25, -0.2) is 4.98 Å². The summed E-state index contributed by atoms with van der Waals surface area (Å²) in [6.07, 6.45) is 1.79. The fourth-order valence-corrected chi connectivity index (χ4v) is 3.40. The Morgan fingerprint density at radius 3 is 2.44 bits per heavy atom. The van der Waals surface area contributed by atoms with Crippen molar-refractivity contribution in [1.29, 1.82) is 5.26 Å². The molecule has 5 nitrogen and oxygen atoms in total. The Bertz CT molecular complexity index is 1020. The predicted molar refractivity (Wildman–Crippen MR) is 107 cm³/mol. The fourth-order valence-electron chi connectivity index (χ4n) is 2.61. The van der Waals surface area contributed by atoms with E-state index in [-0.39, 0.29) is 0 Å². The molecule has 2 aromatic carbocycles. The largest absolute Gasteiger partial charge is 0.496 e. The summed E-state index contributed by atoms with van der Waals surface area (Å²) in [5.41, 5.74) is 2.98. The first-order valence-corrected chi connectivity index (χ1v) is 9.01. The van der Waals surface area contributed by atoms with E-state index < -0.39 is 0 Å². The second kappa shape index (κ2) is 8.39. The van der Waals surface area contributed by atoms with Crippen LogP contribution >= 0.6 is 11.3 Å². The number of nitrogens with zero attached hydrogens (tertiary/aromatic N) is 2. The van der Waals surface area contributed by atoms with Gasteiger partial charge in [-0.2, -0.15) is 5.26 Å². The first-order valence-electron chi connectivity index (χ1n) is 8.13. The normalized spacial score (nSPS) is 11.0. The lowest BCUT2D eigenvalue weighted by molar-refractivity contribution is 0.355. The fraction of sp³-hybridized carbons (Fsp3) is 0.143. The van der Waals surface area contributed by atoms with Crippen LogP contribution in [0, 0.1) is 11.3 Å². The number of aromatic nitrogens is 1. The van der Waals surface area contributed by atoms with E-state index in [0.29, 0.717) is 27.8 Å². The van der Waals surface area contributed by atoms with Crippen molar-refractivity contribution in [3.63, 3.8) is 0 Å². The van der Waals surface area contributed by atoms with Crippen molar-refractivity contribution in [3.05, 3.63) is 58.4 Å². The Morgan fingerprint density at radius 2 is 1.74 bits per heavy atom. The van der Waals surface area contributed by atoms with Gasteiger partial charge in [0.1, 0.15) is 16.8 Å². The van der Waals surface area contributed by atoms with Crippen LogP contribution in [0.25, 0.3) is 22.9 Å². The average molecular weight is 378 g/mol. The van der Waals surface area contributed by atoms with E-state index in [4.69, 9.17) is 14.2 Å². The van der Waals surface area contributed by atoms with Crippen molar-refractivity contribution < 1.29 is 14.2 Å². The Balaban J connectivity index is 1.97. The van der Waals surface area contributed by atoms with Gasteiger partial charge < -0.3 is 14.2 Å². The van der Waals surface area contributed by atoms with Crippen LogP contribution in [0.1, 0.15) is 10.6 Å². The quantitative estimate of drug-likeness (QED) is 0.571. The molecular weight excluding hydrogens is 360 g/mol. The summed E-state index contributed by atoms with van der Waals surface area (Å²) in [6, 6.07) is 15.4. The highest BCUT2D eigenvalue weighted by Crippen LogP contribution is 2.34. The number of hydrogen-bond acceptors (Lipinski definition) is 6. The van der Waals surface area contributed by atoms with E-state index in [2.05, 4.69) is 11.1 Å². The summed E-state index contributed by atoms with van der Waals surface area (Å²) in [5, 5.41) is 12.2. The molecule has 6 heteroatoms. The highest BCUT2D eigenvalue weighted by atomic mass is 32.1. The molecule has 0 radical (unpaired) electrons. The second-order valence-corrected chi connectivity index (χ2v) is 6.38. The van der Waals surface area contributed by atoms with Gasteiger partial charge in [0.25, 0.3) is 0 Å². The molecular formula is C21H18N2O3S. The smallest absolute Gasteiger partial charge is 0.161 e. The molecule has 0 amide bonds. The van der Waals surface area contributed by atoms with Gasteiger partial charge >= 0.3 is 0 Å². The second-order valence-electron chi connectivity index (χ2n) is 5.52. The summed E-state index contributed by atoms with van der Waals surface area (Å²) in [4.78, 5) is 4.62. The monoisotopic (exact) mass is 378 g/mol. The Hall–Kier alpha value is -3.30. The summed E-state index contributed by atoms with van der Waals surface area (Å²) in [7, 11) is 4.80. The van der Waals surface area contributed by atoms with Gasteiger partial charge in [-0.05, 0) is 30.3 Å². The number of thiazole rings is 1. The van der Waals surface area contributed by atoms with Crippen LogP contribution < -0.4 is 14.2 Å². The third-order valence-electron chi connectivity index (χ3n) is 3.97. The summed E-state index contributed by atoms with van der Waals surface area (Å²) >= 11 is 1.42. The van der Waals surface area contributed by atoms with E-state index in [0.717, 1.165) is 16.8 Å². The van der Waals surface area contributed by atoms with Crippen LogP contribution in [0.3, 0.4) is 0 Å². The SMILES string of the molecule is COc1ccccc1/C=C(/C#N)c1nc(-c2ccc(OC)c(OC)c2)cs1. The number of rotatable bonds is 6. The Kier molecular flexibility index (Phi) is 5.74. The van der Waals surface area contributed by atoms with Crippen molar-refractivity contribution in [3.8, 4) is 34.6 Å². The van der Waals surface area contributed by atoms with Gasteiger partial charge in [-0.1, -0.05) is 18.2 Å². The Morgan fingerprint density at radius 1 is 1.00 bits per heavy atom. The topological polar surface area (TPSA) is 64.4 Å². The summed E-state index contributed by atoms with van der Waals surface area (Å²) < 4.78 is 16.0. The van der Waals surface area contributed by atoms with Crippen LogP contribution in [-0.2, 0) is 0 Å². The maximum absolute atomic E-state index is 9.61. The van der Waals surface area contributed by atoms with Gasteiger partial charge in [-0.3, -0.25) is 0 Å². The van der Waals surface area contributed by atoms with E-state index in [1.54, 1.807) is 27.4 Å². The number of nitriles is 1. The highest BCUT2D eigenvalue weighted by Gasteiger charge is 2.12. The van der Waals surface area contributed by atoms with Crippen molar-refractivity contribution in [2.75, 3.05) is 21.3 Å². The van der Waals surface area contributed by atoms with E-state index in [9.17, 15) is 5.26 Å². The molecule has 0 N–H and O–H groups in total. The van der Waals surface area contributed by atoms with E-state index >= 15 is 0 Å². The molecule has 0 aliphatic heterocycles. The van der Waals surface area contributed by atoms with Crippen molar-refractivity contribution in [2.45, 2.75) is 0 Å². The zero-order valence-corrected chi connectivity index (χ0v) is 16.0. The van der Waals surface area contributed by atoms with Crippen LogP contribution in [0.2, 0.25) is 0 Å². The minimum absolute atomic E-state index is 0.483. The van der Waals surface area contributed by atoms with Crippen LogP contribution in [0.5, 0.6) is 17.2 Å². The lowest BCUT2D eigenvalue weighted by atomic mass is 10.1. The molecule has 1 aromatic heterocycles. The standard InChI is InChI=1S/C21H18N2O3S/c1-24-18-7-5-4-6-15(18)10-16(12-22)21-23-17(13-27-21)14-8-9-19(25-2)20(11-14)26-3/h4-11,13H,1-3H3/b16-10-. The number of hydrogen-bond donors (Lipinski definition) is 0. The zero-order chi connectivity index (χ0) is 19.2. The molecule has 0 saturated heterocycles. The van der Waals surface area contributed by atoms with Crippen molar-refractivity contribution in [2.24, 2.45) is 0 Å². The molecule has 0 bridgehead atoms. The van der Waals surface area contributed by atoms with Crippen molar-refractivity contribution in [1.82, 2.24) is 4.98 Å². The molecule has 0 fully saturated rings. The van der Waals surface area contributed by atoms with Gasteiger partial charge in [0.05, 0.1) is 32.6 Å². The molecule has 0 aliphatic rings. The lowest BCUT2D eigenvalue weighted by Gasteiger charge is -2.08. The molecule has 0 saturated carbocycles. The highest BCUT2D eigenvalue weighted by molar-refractivity contribution is 7.11. The van der Waals surface area contributed by atoms with Gasteiger partial charge in [-0.15, -0.1) is 11.3 Å². The number of methoxy groups -OCH3 is 3. The number of ether oxygens (including phenoxy) is 3. The van der Waals surface area contributed by atoms with Gasteiger partial charge in [0.2, 0.25) is 0 Å². The number of para-hydroxylation sites is 1. The molecule has 3 aromatic rings. The minimum atomic E-state index is 0.483. The molecule has 0 unspecified atom stereocenters. The maximum atomic E-state index is 9.61. The van der Waals surface area contributed by atoms with Crippen LogP contribution in [0.15, 0.2) is 47.8 Å². The molecule has 0 aliphatic carbocycles. The molecule has 0 spiro atoms. The van der Waals surface area contributed by atoms with Gasteiger partial charge in [0, 0.05) is 16.5 Å². The molecule has 3 rings (SSSR count). The molecule has 27 heavy (non-hydrogen) atoms. The van der Waals surface area contributed by atoms with Crippen LogP contribution in [0.4, 0.5) is 0 Å². The number of allylic oxidation sites excluding steroid dienone is 1. The van der Waals surface area contributed by atoms with E-state index in [1.807, 2.05) is 47.8 Å². The maximum Gasteiger partial charge on any atom is 0.161 e.